The quantitative estimate of drug-likeness (QED) is 0.455. The number of carbonyl (C=O) groups excluding carboxylic acids is 1. The average molecular weight is 425 g/mol. The van der Waals surface area contributed by atoms with Crippen molar-refractivity contribution in [1.29, 1.82) is 0 Å². The molecule has 0 radical (unpaired) electrons. The van der Waals surface area contributed by atoms with Gasteiger partial charge in [0.25, 0.3) is 5.91 Å². The number of amides is 1. The van der Waals surface area contributed by atoms with Crippen molar-refractivity contribution in [3.05, 3.63) is 78.6 Å². The highest BCUT2D eigenvalue weighted by molar-refractivity contribution is 6.01. The van der Waals surface area contributed by atoms with Crippen LogP contribution in [0.15, 0.2) is 77.6 Å². The Morgan fingerprint density at radius 1 is 0.969 bits per heavy atom. The van der Waals surface area contributed by atoms with Gasteiger partial charge in [-0.15, -0.1) is 0 Å². The highest BCUT2D eigenvalue weighted by atomic mass is 16.5. The molecule has 160 valence electrons. The first-order valence-corrected chi connectivity index (χ1v) is 11.1. The summed E-state index contributed by atoms with van der Waals surface area (Å²) in [7, 11) is 0. The molecule has 2 aliphatic rings. The highest BCUT2D eigenvalue weighted by Gasteiger charge is 2.44. The van der Waals surface area contributed by atoms with Gasteiger partial charge in [-0.25, -0.2) is 0 Å². The minimum atomic E-state index is 0.0852. The van der Waals surface area contributed by atoms with E-state index in [0.717, 1.165) is 47.9 Å². The molecule has 2 fully saturated rings. The predicted molar refractivity (Wildman–Crippen MR) is 120 cm³/mol. The second kappa shape index (κ2) is 7.79. The Bertz CT molecular complexity index is 1240. The van der Waals surface area contributed by atoms with E-state index < -0.39 is 0 Å². The zero-order chi connectivity index (χ0) is 21.5. The Kier molecular flexibility index (Phi) is 4.63. The van der Waals surface area contributed by atoms with Crippen molar-refractivity contribution in [2.75, 3.05) is 0 Å². The first-order valence-electron chi connectivity index (χ1n) is 11.1. The van der Waals surface area contributed by atoms with Crippen LogP contribution in [0.25, 0.3) is 22.2 Å². The predicted octanol–water partition coefficient (Wildman–Crippen LogP) is 5.10. The van der Waals surface area contributed by atoms with Crippen LogP contribution in [0.5, 0.6) is 5.75 Å². The largest absolute Gasteiger partial charge is 0.490 e. The molecule has 2 bridgehead atoms. The normalized spacial score (nSPS) is 22.2. The van der Waals surface area contributed by atoms with Gasteiger partial charge in [-0.2, -0.15) is 0 Å². The van der Waals surface area contributed by atoms with E-state index in [4.69, 9.17) is 9.26 Å². The van der Waals surface area contributed by atoms with Gasteiger partial charge in [-0.3, -0.25) is 9.78 Å². The first kappa shape index (κ1) is 19.0. The van der Waals surface area contributed by atoms with Crippen LogP contribution >= 0.6 is 0 Å². The number of nitrogens with zero attached hydrogens (tertiary/aromatic N) is 3. The Morgan fingerprint density at radius 2 is 1.72 bits per heavy atom. The fraction of sp³-hybridized carbons (Fsp3) is 0.269. The Hall–Kier alpha value is -3.67. The van der Waals surface area contributed by atoms with Crippen molar-refractivity contribution in [3.8, 4) is 17.1 Å². The van der Waals surface area contributed by atoms with Crippen molar-refractivity contribution >= 4 is 16.8 Å². The van der Waals surface area contributed by atoms with E-state index in [9.17, 15) is 4.79 Å². The zero-order valence-corrected chi connectivity index (χ0v) is 17.6. The summed E-state index contributed by atoms with van der Waals surface area (Å²) >= 11 is 0. The third kappa shape index (κ3) is 3.32. The van der Waals surface area contributed by atoms with Crippen molar-refractivity contribution < 1.29 is 14.1 Å². The van der Waals surface area contributed by atoms with Crippen LogP contribution in [0.2, 0.25) is 0 Å². The van der Waals surface area contributed by atoms with Gasteiger partial charge in [0.05, 0.1) is 5.39 Å². The lowest BCUT2D eigenvalue weighted by atomic mass is 9.97. The van der Waals surface area contributed by atoms with Gasteiger partial charge in [0.2, 0.25) is 0 Å². The van der Waals surface area contributed by atoms with Gasteiger partial charge in [0.1, 0.15) is 17.4 Å². The third-order valence-electron chi connectivity index (χ3n) is 6.64. The SMILES string of the molecule is O=C(c1ccc2noc(-c3ccccc3)c2c1)N1C2CCC1CC(Oc1ccncc1)C2. The lowest BCUT2D eigenvalue weighted by molar-refractivity contribution is 0.0359. The number of piperidine rings is 1. The molecule has 6 nitrogen and oxygen atoms in total. The molecule has 2 aromatic heterocycles. The number of benzene rings is 2. The topological polar surface area (TPSA) is 68.5 Å². The summed E-state index contributed by atoms with van der Waals surface area (Å²) in [5, 5.41) is 5.05. The van der Waals surface area contributed by atoms with Crippen LogP contribution in [0.3, 0.4) is 0 Å². The molecule has 2 aliphatic heterocycles. The minimum absolute atomic E-state index is 0.0852. The molecule has 2 unspecified atom stereocenters. The lowest BCUT2D eigenvalue weighted by Crippen LogP contribution is -2.49. The van der Waals surface area contributed by atoms with Crippen LogP contribution < -0.4 is 4.74 Å². The molecule has 4 aromatic rings. The minimum Gasteiger partial charge on any atom is -0.490 e. The molecule has 1 amide bonds. The van der Waals surface area contributed by atoms with E-state index in [1.54, 1.807) is 12.4 Å². The molecule has 0 saturated carbocycles. The van der Waals surface area contributed by atoms with E-state index in [2.05, 4.69) is 15.0 Å². The number of aromatic nitrogens is 2. The second-order valence-corrected chi connectivity index (χ2v) is 8.60. The van der Waals surface area contributed by atoms with Crippen LogP contribution in [0, 0.1) is 0 Å². The van der Waals surface area contributed by atoms with Crippen LogP contribution in [-0.4, -0.2) is 39.1 Å². The molecule has 2 saturated heterocycles. The van der Waals surface area contributed by atoms with Gasteiger partial charge in [0, 0.05) is 48.4 Å². The number of hydrogen-bond acceptors (Lipinski definition) is 5. The maximum Gasteiger partial charge on any atom is 0.254 e. The standard InChI is InChI=1S/C26H23N3O3/c30-26(18-6-9-24-23(14-18)25(32-28-24)17-4-2-1-3-5-17)29-19-7-8-20(29)16-22(15-19)31-21-10-12-27-13-11-21/h1-6,9-14,19-20,22H,7-8,15-16H2. The van der Waals surface area contributed by atoms with Gasteiger partial charge < -0.3 is 14.2 Å². The van der Waals surface area contributed by atoms with Crippen LogP contribution in [0.1, 0.15) is 36.0 Å². The van der Waals surface area contributed by atoms with Crippen molar-refractivity contribution in [1.82, 2.24) is 15.0 Å². The number of carbonyl (C=O) groups is 1. The second-order valence-electron chi connectivity index (χ2n) is 8.60. The van der Waals surface area contributed by atoms with E-state index in [1.807, 2.05) is 60.7 Å². The van der Waals surface area contributed by atoms with Crippen molar-refractivity contribution in [2.45, 2.75) is 43.9 Å². The monoisotopic (exact) mass is 425 g/mol. The number of fused-ring (bicyclic) bond motifs is 3. The van der Waals surface area contributed by atoms with Gasteiger partial charge in [-0.1, -0.05) is 35.5 Å². The highest BCUT2D eigenvalue weighted by Crippen LogP contribution is 2.39. The van der Waals surface area contributed by atoms with Gasteiger partial charge in [0.15, 0.2) is 5.76 Å². The summed E-state index contributed by atoms with van der Waals surface area (Å²) in [4.78, 5) is 19.7. The number of ether oxygens (including phenoxy) is 1. The molecular formula is C26H23N3O3. The molecule has 32 heavy (non-hydrogen) atoms. The summed E-state index contributed by atoms with van der Waals surface area (Å²) in [5.41, 5.74) is 2.39. The van der Waals surface area contributed by atoms with Crippen LogP contribution in [-0.2, 0) is 0 Å². The number of hydrogen-bond donors (Lipinski definition) is 0. The van der Waals surface area contributed by atoms with E-state index >= 15 is 0 Å². The Balaban J connectivity index is 1.25. The maximum atomic E-state index is 13.6. The van der Waals surface area contributed by atoms with Gasteiger partial charge >= 0.3 is 0 Å². The molecule has 0 spiro atoms. The summed E-state index contributed by atoms with van der Waals surface area (Å²) in [6.07, 6.45) is 7.38. The lowest BCUT2D eigenvalue weighted by Gasteiger charge is -2.39. The first-order chi connectivity index (χ1) is 15.8. The fourth-order valence-electron chi connectivity index (χ4n) is 5.19. The third-order valence-corrected chi connectivity index (χ3v) is 6.64. The summed E-state index contributed by atoms with van der Waals surface area (Å²) in [6, 6.07) is 19.7. The summed E-state index contributed by atoms with van der Waals surface area (Å²) < 4.78 is 11.8. The molecule has 4 heterocycles. The Morgan fingerprint density at radius 3 is 2.47 bits per heavy atom. The molecule has 0 aliphatic carbocycles. The van der Waals surface area contributed by atoms with Crippen molar-refractivity contribution in [3.63, 3.8) is 0 Å². The fourth-order valence-corrected chi connectivity index (χ4v) is 5.19. The molecule has 6 rings (SSSR count). The Labute approximate surface area is 185 Å². The number of pyridine rings is 1. The molecule has 2 aromatic carbocycles. The van der Waals surface area contributed by atoms with E-state index in [-0.39, 0.29) is 24.1 Å². The zero-order valence-electron chi connectivity index (χ0n) is 17.6. The van der Waals surface area contributed by atoms with Crippen molar-refractivity contribution in [2.24, 2.45) is 0 Å². The summed E-state index contributed by atoms with van der Waals surface area (Å²) in [6.45, 7) is 0. The molecule has 2 atom stereocenters. The smallest absolute Gasteiger partial charge is 0.254 e. The summed E-state index contributed by atoms with van der Waals surface area (Å²) in [5.74, 6) is 1.63. The van der Waals surface area contributed by atoms with E-state index in [0.29, 0.717) is 11.3 Å². The molecule has 0 N–H and O–H groups in total. The average Bonchev–Trinajstić information content (AvgIpc) is 3.38. The molecular weight excluding hydrogens is 402 g/mol. The van der Waals surface area contributed by atoms with Crippen LogP contribution in [0.4, 0.5) is 0 Å². The van der Waals surface area contributed by atoms with E-state index in [1.165, 1.54) is 0 Å². The molecule has 6 heteroatoms. The maximum absolute atomic E-state index is 13.6. The number of rotatable bonds is 4. The van der Waals surface area contributed by atoms with Gasteiger partial charge in [-0.05, 0) is 43.2 Å².